The molecule has 1 heterocycles. The minimum atomic E-state index is -1.89. The summed E-state index contributed by atoms with van der Waals surface area (Å²) in [6.07, 6.45) is 15.8. The van der Waals surface area contributed by atoms with E-state index < -0.39 is 22.5 Å². The van der Waals surface area contributed by atoms with Crippen LogP contribution in [0.4, 0.5) is 0 Å². The van der Waals surface area contributed by atoms with Crippen LogP contribution in [-0.2, 0) is 9.16 Å². The Labute approximate surface area is 215 Å². The second kappa shape index (κ2) is 15.2. The number of rotatable bonds is 15. The molecule has 0 unspecified atom stereocenters. The van der Waals surface area contributed by atoms with Crippen molar-refractivity contribution in [1.82, 2.24) is 0 Å². The first-order chi connectivity index (χ1) is 15.8. The molecule has 5 heteroatoms. The molecule has 34 heavy (non-hydrogen) atoms. The third-order valence-corrected chi connectivity index (χ3v) is 12.9. The summed E-state index contributed by atoms with van der Waals surface area (Å²) in [6.45, 7) is 20.5. The predicted octanol–water partition coefficient (Wildman–Crippen LogP) is 8.48. The highest BCUT2D eigenvalue weighted by atomic mass is 28.4. The molecule has 0 aromatic carbocycles. The Kier molecular flexibility index (Phi) is 14.3. The Morgan fingerprint density at radius 3 is 1.85 bits per heavy atom. The average molecular weight is 511 g/mol. The van der Waals surface area contributed by atoms with E-state index in [9.17, 15) is 5.11 Å². The van der Waals surface area contributed by atoms with E-state index >= 15 is 0 Å². The molecule has 0 saturated carbocycles. The molecule has 1 aliphatic rings. The van der Waals surface area contributed by atoms with E-state index in [1.807, 2.05) is 0 Å². The van der Waals surface area contributed by atoms with E-state index in [4.69, 9.17) is 9.16 Å². The van der Waals surface area contributed by atoms with Gasteiger partial charge in [0.15, 0.2) is 8.32 Å². The average Bonchev–Trinajstić information content (AvgIpc) is 3.21. The molecule has 0 spiro atoms. The van der Waals surface area contributed by atoms with Gasteiger partial charge < -0.3 is 14.3 Å². The van der Waals surface area contributed by atoms with E-state index in [2.05, 4.69) is 71.9 Å². The second-order valence-corrected chi connectivity index (χ2v) is 22.6. The van der Waals surface area contributed by atoms with Gasteiger partial charge in [0.1, 0.15) is 14.2 Å². The molecule has 1 aliphatic heterocycles. The third-order valence-electron chi connectivity index (χ3n) is 7.54. The Balaban J connectivity index is 2.59. The molecule has 3 nitrogen and oxygen atoms in total. The fourth-order valence-electron chi connectivity index (χ4n) is 4.29. The van der Waals surface area contributed by atoms with Crippen LogP contribution >= 0.6 is 0 Å². The molecule has 4 atom stereocenters. The van der Waals surface area contributed by atoms with Crippen LogP contribution in [0.3, 0.4) is 0 Å². The van der Waals surface area contributed by atoms with Crippen molar-refractivity contribution in [2.45, 2.75) is 173 Å². The van der Waals surface area contributed by atoms with Crippen LogP contribution < -0.4 is 0 Å². The molecule has 200 valence electrons. The number of unbranched alkanes of at least 4 members (excludes halogenated alkanes) is 9. The normalized spacial score (nSPS) is 21.2. The van der Waals surface area contributed by atoms with Crippen molar-refractivity contribution < 1.29 is 14.3 Å². The number of aliphatic hydroxyl groups excluding tert-OH is 1. The largest absolute Gasteiger partial charge is 0.411 e. The van der Waals surface area contributed by atoms with Crippen molar-refractivity contribution in [2.75, 3.05) is 0 Å². The topological polar surface area (TPSA) is 38.7 Å². The minimum absolute atomic E-state index is 0.0843. The van der Waals surface area contributed by atoms with Gasteiger partial charge in [0.05, 0.1) is 18.3 Å². The molecule has 0 aliphatic carbocycles. The van der Waals surface area contributed by atoms with E-state index in [1.165, 1.54) is 64.2 Å². The van der Waals surface area contributed by atoms with Crippen molar-refractivity contribution in [1.29, 1.82) is 0 Å². The molecular formula is C29H58O3Si2. The van der Waals surface area contributed by atoms with Crippen molar-refractivity contribution >= 4 is 16.4 Å². The van der Waals surface area contributed by atoms with Gasteiger partial charge in [0, 0.05) is 0 Å². The summed E-state index contributed by atoms with van der Waals surface area (Å²) in [5.74, 6) is 3.09. The van der Waals surface area contributed by atoms with Gasteiger partial charge in [0.2, 0.25) is 0 Å². The maximum atomic E-state index is 10.6. The monoisotopic (exact) mass is 510 g/mol. The zero-order valence-electron chi connectivity index (χ0n) is 24.3. The Bertz CT molecular complexity index is 610. The zero-order chi connectivity index (χ0) is 25.8. The third kappa shape index (κ3) is 12.7. The lowest BCUT2D eigenvalue weighted by atomic mass is 10.0. The van der Waals surface area contributed by atoms with Gasteiger partial charge in [-0.25, -0.2) is 0 Å². The summed E-state index contributed by atoms with van der Waals surface area (Å²) in [4.78, 5) is 0. The summed E-state index contributed by atoms with van der Waals surface area (Å²) >= 11 is 0. The Morgan fingerprint density at radius 1 is 0.853 bits per heavy atom. The summed E-state index contributed by atoms with van der Waals surface area (Å²) in [5, 5.41) is 10.8. The van der Waals surface area contributed by atoms with Gasteiger partial charge in [-0.2, -0.15) is 0 Å². The van der Waals surface area contributed by atoms with Crippen molar-refractivity contribution in [3.63, 3.8) is 0 Å². The molecule has 0 amide bonds. The van der Waals surface area contributed by atoms with Crippen molar-refractivity contribution in [3.05, 3.63) is 0 Å². The van der Waals surface area contributed by atoms with E-state index in [1.54, 1.807) is 0 Å². The number of ether oxygens (including phenoxy) is 1. The number of aliphatic hydroxyl groups is 1. The molecule has 0 bridgehead atoms. The fourth-order valence-corrected chi connectivity index (χ4v) is 6.25. The standard InChI is InChI=1S/C29H58O3Si2/c1-10-11-12-13-14-15-16-17-18-19-20-28(32-34(8,9)29(2,3)4)27-22-21-26(31-27)25(30)23-24-33(5,6)7/h25-28,30H,10-22H2,1-9H3/t25-,26+,27+,28+/m0/s1. The number of hydrogen-bond donors (Lipinski definition) is 1. The maximum Gasteiger partial charge on any atom is 0.192 e. The second-order valence-electron chi connectivity index (χ2n) is 13.1. The van der Waals surface area contributed by atoms with Gasteiger partial charge in [-0.05, 0) is 37.4 Å². The SMILES string of the molecule is CCCCCCCCCCCC[C@@H](O[Si](C)(C)C(C)(C)C)[C@H]1CC[C@H]([C@@H](O)C#C[Si](C)(C)C)O1. The maximum absolute atomic E-state index is 10.6. The zero-order valence-corrected chi connectivity index (χ0v) is 26.3. The van der Waals surface area contributed by atoms with Crippen LogP contribution in [0.25, 0.3) is 0 Å². The minimum Gasteiger partial charge on any atom is -0.411 e. The molecule has 1 rings (SSSR count). The highest BCUT2D eigenvalue weighted by Gasteiger charge is 2.43. The van der Waals surface area contributed by atoms with Crippen LogP contribution in [0, 0.1) is 11.5 Å². The van der Waals surface area contributed by atoms with Crippen LogP contribution in [0.5, 0.6) is 0 Å². The van der Waals surface area contributed by atoms with Crippen molar-refractivity contribution in [2.24, 2.45) is 0 Å². The quantitative estimate of drug-likeness (QED) is 0.136. The summed E-state index contributed by atoms with van der Waals surface area (Å²) < 4.78 is 13.3. The van der Waals surface area contributed by atoms with Crippen LogP contribution in [0.15, 0.2) is 0 Å². The highest BCUT2D eigenvalue weighted by Crippen LogP contribution is 2.40. The van der Waals surface area contributed by atoms with E-state index in [-0.39, 0.29) is 23.4 Å². The smallest absolute Gasteiger partial charge is 0.192 e. The molecule has 0 radical (unpaired) electrons. The van der Waals surface area contributed by atoms with Gasteiger partial charge in [-0.15, -0.1) is 5.54 Å². The fraction of sp³-hybridized carbons (Fsp3) is 0.931. The van der Waals surface area contributed by atoms with Gasteiger partial charge >= 0.3 is 0 Å². The van der Waals surface area contributed by atoms with Gasteiger partial charge in [-0.1, -0.05) is 117 Å². The Morgan fingerprint density at radius 2 is 1.35 bits per heavy atom. The van der Waals surface area contributed by atoms with Crippen molar-refractivity contribution in [3.8, 4) is 11.5 Å². The van der Waals surface area contributed by atoms with E-state index in [0.717, 1.165) is 19.3 Å². The molecule has 1 saturated heterocycles. The Hall–Kier alpha value is -0.126. The first-order valence-electron chi connectivity index (χ1n) is 14.3. The number of hydrogen-bond acceptors (Lipinski definition) is 3. The summed E-state index contributed by atoms with van der Waals surface area (Å²) in [6, 6.07) is 0. The highest BCUT2D eigenvalue weighted by molar-refractivity contribution is 6.83. The first-order valence-corrected chi connectivity index (χ1v) is 20.7. The first kappa shape index (κ1) is 31.9. The lowest BCUT2D eigenvalue weighted by Crippen LogP contribution is -2.47. The lowest BCUT2D eigenvalue weighted by Gasteiger charge is -2.41. The lowest BCUT2D eigenvalue weighted by molar-refractivity contribution is -0.0600. The molecule has 1 fully saturated rings. The van der Waals surface area contributed by atoms with Crippen LogP contribution in [0.2, 0.25) is 37.8 Å². The van der Waals surface area contributed by atoms with Gasteiger partial charge in [-0.3, -0.25) is 0 Å². The summed E-state index contributed by atoms with van der Waals surface area (Å²) in [7, 11) is -3.39. The molecular weight excluding hydrogens is 452 g/mol. The van der Waals surface area contributed by atoms with Gasteiger partial charge in [0.25, 0.3) is 0 Å². The van der Waals surface area contributed by atoms with E-state index in [0.29, 0.717) is 0 Å². The molecule has 1 N–H and O–H groups in total. The molecule has 0 aromatic rings. The summed E-state index contributed by atoms with van der Waals surface area (Å²) in [5.41, 5.74) is 3.31. The van der Waals surface area contributed by atoms with Crippen LogP contribution in [-0.4, -0.2) is 45.9 Å². The predicted molar refractivity (Wildman–Crippen MR) is 154 cm³/mol. The van der Waals surface area contributed by atoms with Crippen LogP contribution in [0.1, 0.15) is 111 Å². The molecule has 0 aromatic heterocycles.